The Morgan fingerprint density at radius 3 is 2.04 bits per heavy atom. The second-order valence-corrected chi connectivity index (χ2v) is 24.5. The van der Waals surface area contributed by atoms with Crippen molar-refractivity contribution in [3.63, 3.8) is 0 Å². The van der Waals surface area contributed by atoms with Gasteiger partial charge in [0.15, 0.2) is 11.6 Å². The van der Waals surface area contributed by atoms with Crippen molar-refractivity contribution >= 4 is 63.1 Å². The number of aliphatic hydroxyl groups is 1. The summed E-state index contributed by atoms with van der Waals surface area (Å²) in [5.74, 6) is -0.143. The first kappa shape index (κ1) is 46.5. The Morgan fingerprint density at radius 1 is 0.821 bits per heavy atom. The van der Waals surface area contributed by atoms with E-state index >= 15 is 0 Å². The van der Waals surface area contributed by atoms with Crippen molar-refractivity contribution in [1.29, 1.82) is 10.5 Å². The number of ether oxygens (including phenoxy) is 1. The minimum atomic E-state index is -1.18. The molecule has 1 aliphatic heterocycles. The molecule has 2 N–H and O–H groups in total. The van der Waals surface area contributed by atoms with Gasteiger partial charge in [-0.05, 0) is 95.4 Å². The molecule has 0 radical (unpaired) electrons. The number of fused-ring (bicyclic) bond motifs is 2. The Kier molecular flexibility index (Phi) is 14.3. The van der Waals surface area contributed by atoms with Gasteiger partial charge in [0, 0.05) is 73.9 Å². The second kappa shape index (κ2) is 20.7. The number of nitrogens with one attached hydrogen (secondary N) is 1. The van der Waals surface area contributed by atoms with Gasteiger partial charge in [0.05, 0.1) is 65.9 Å². The van der Waals surface area contributed by atoms with Crippen molar-refractivity contribution in [2.24, 2.45) is 0 Å². The molecule has 0 saturated carbocycles. The summed E-state index contributed by atoms with van der Waals surface area (Å²) in [5, 5.41) is 50.1. The van der Waals surface area contributed by atoms with E-state index in [0.29, 0.717) is 55.5 Å². The molecule has 1 unspecified atom stereocenters. The molecular weight excluding hydrogens is 927 g/mol. The van der Waals surface area contributed by atoms with Gasteiger partial charge in [0.1, 0.15) is 18.1 Å². The quantitative estimate of drug-likeness (QED) is 0.0537. The van der Waals surface area contributed by atoms with Gasteiger partial charge < -0.3 is 14.7 Å². The SMILES string of the molecule is C[Si](C)(C)CCOCn1nc(C(=O)Cc2cnn(Cc3cccc(C#N)c3)c2)c2ccc(Br)cc21.N#Cc1cccc(Cn2cc(CC(=O)c3n[nH]c4cc(N5CCC(O)C5)ccc34)cn2)c1. The summed E-state index contributed by atoms with van der Waals surface area (Å²) in [4.78, 5) is 28.3. The number of hydrogen-bond acceptors (Lipinski definition) is 11. The topological polar surface area (TPSA) is 197 Å². The van der Waals surface area contributed by atoms with E-state index in [0.717, 1.165) is 73.2 Å². The van der Waals surface area contributed by atoms with E-state index < -0.39 is 8.07 Å². The molecule has 5 heterocycles. The number of rotatable bonds is 16. The number of halogens is 1. The lowest BCUT2D eigenvalue weighted by Gasteiger charge is -2.17. The van der Waals surface area contributed by atoms with E-state index in [1.807, 2.05) is 85.2 Å². The number of aromatic amines is 1. The van der Waals surface area contributed by atoms with Crippen LogP contribution in [-0.4, -0.2) is 90.1 Å². The molecule has 1 fully saturated rings. The summed E-state index contributed by atoms with van der Waals surface area (Å²) in [6.07, 6.45) is 8.01. The normalized spacial score (nSPS) is 13.7. The zero-order valence-corrected chi connectivity index (χ0v) is 40.1. The maximum absolute atomic E-state index is 13.2. The average molecular weight is 977 g/mol. The van der Waals surface area contributed by atoms with E-state index in [4.69, 9.17) is 15.3 Å². The molecule has 67 heavy (non-hydrogen) atoms. The molecule has 9 rings (SSSR count). The van der Waals surface area contributed by atoms with Crippen LogP contribution < -0.4 is 4.90 Å². The van der Waals surface area contributed by atoms with Gasteiger partial charge >= 0.3 is 0 Å². The Labute approximate surface area is 397 Å². The Balaban J connectivity index is 0.000000182. The van der Waals surface area contributed by atoms with Crippen LogP contribution in [0.5, 0.6) is 0 Å². The van der Waals surface area contributed by atoms with Gasteiger partial charge in [-0.2, -0.15) is 30.9 Å². The molecular formula is C50H50BrN11O4Si. The zero-order chi connectivity index (χ0) is 47.1. The van der Waals surface area contributed by atoms with Crippen LogP contribution in [0.2, 0.25) is 25.7 Å². The number of nitrogens with zero attached hydrogens (tertiary/aromatic N) is 10. The molecule has 340 valence electrons. The van der Waals surface area contributed by atoms with Crippen LogP contribution in [0.1, 0.15) is 60.8 Å². The molecule has 4 aromatic heterocycles. The third-order valence-electron chi connectivity index (χ3n) is 11.4. The second-order valence-electron chi connectivity index (χ2n) is 18.0. The number of β-amino-alcohol motifs (C(OH)–C–C–N with tert-alkyl or cyclic N) is 1. The fraction of sp³-hybridized carbons (Fsp3) is 0.280. The van der Waals surface area contributed by atoms with Crippen molar-refractivity contribution in [2.45, 2.75) is 70.9 Å². The Morgan fingerprint density at radius 2 is 1.45 bits per heavy atom. The van der Waals surface area contributed by atoms with Crippen molar-refractivity contribution in [1.82, 2.24) is 39.5 Å². The van der Waals surface area contributed by atoms with Gasteiger partial charge in [-0.15, -0.1) is 0 Å². The highest BCUT2D eigenvalue weighted by atomic mass is 79.9. The first-order valence-electron chi connectivity index (χ1n) is 22.0. The molecule has 1 saturated heterocycles. The van der Waals surface area contributed by atoms with Crippen LogP contribution in [0.25, 0.3) is 21.8 Å². The third kappa shape index (κ3) is 11.9. The monoisotopic (exact) mass is 975 g/mol. The van der Waals surface area contributed by atoms with Gasteiger partial charge in [-0.25, -0.2) is 4.68 Å². The van der Waals surface area contributed by atoms with Crippen molar-refractivity contribution in [2.75, 3.05) is 24.6 Å². The van der Waals surface area contributed by atoms with Gasteiger partial charge in [-0.3, -0.25) is 24.1 Å². The summed E-state index contributed by atoms with van der Waals surface area (Å²) in [6, 6.07) is 31.9. The predicted octanol–water partition coefficient (Wildman–Crippen LogP) is 8.33. The minimum absolute atomic E-state index is 0.0656. The largest absolute Gasteiger partial charge is 0.391 e. The standard InChI is InChI=1S/C26H28BrN5O2Si.C24H22N6O2/c1-35(2,3)10-9-34-18-32-24-13-22(27)7-8-23(24)26(30-32)25(33)12-21-15-29-31(17-21)16-20-6-4-5-19(11-20)14-28;25-11-16-2-1-3-17(8-16)13-30-14-18(12-26-30)9-23(32)24-21-5-4-19(10-22(21)27-28-24)29-7-6-20(31)15-29/h4-8,11,13,15,17H,9-10,12,16,18H2,1-3H3;1-5,8,10,12,14,20,31H,6-7,9,13,15H2,(H,27,28). The summed E-state index contributed by atoms with van der Waals surface area (Å²) in [7, 11) is -1.18. The van der Waals surface area contributed by atoms with Crippen LogP contribution in [0.15, 0.2) is 114 Å². The highest BCUT2D eigenvalue weighted by molar-refractivity contribution is 9.10. The molecule has 17 heteroatoms. The fourth-order valence-electron chi connectivity index (χ4n) is 7.93. The third-order valence-corrected chi connectivity index (χ3v) is 13.6. The van der Waals surface area contributed by atoms with E-state index in [-0.39, 0.29) is 30.5 Å². The summed E-state index contributed by atoms with van der Waals surface area (Å²) in [6.45, 7) is 10.5. The number of H-pyrrole nitrogens is 1. The first-order valence-corrected chi connectivity index (χ1v) is 26.5. The lowest BCUT2D eigenvalue weighted by Crippen LogP contribution is -2.22. The number of carbonyl (C=O) groups is 2. The Bertz CT molecular complexity index is 3150. The van der Waals surface area contributed by atoms with E-state index in [1.165, 1.54) is 0 Å². The van der Waals surface area contributed by atoms with Crippen molar-refractivity contribution in [3.8, 4) is 12.1 Å². The van der Waals surface area contributed by atoms with Crippen LogP contribution in [0.3, 0.4) is 0 Å². The average Bonchev–Trinajstić information content (AvgIpc) is 4.17. The Hall–Kier alpha value is -7.02. The zero-order valence-electron chi connectivity index (χ0n) is 37.6. The van der Waals surface area contributed by atoms with Crippen LogP contribution in [-0.2, 0) is 37.4 Å². The van der Waals surface area contributed by atoms with E-state index in [2.05, 4.69) is 78.1 Å². The van der Waals surface area contributed by atoms with E-state index in [1.54, 1.807) is 38.6 Å². The fourth-order valence-corrected chi connectivity index (χ4v) is 9.04. The maximum Gasteiger partial charge on any atom is 0.188 e. The summed E-state index contributed by atoms with van der Waals surface area (Å²) in [5.41, 5.74) is 8.35. The van der Waals surface area contributed by atoms with Crippen LogP contribution in [0, 0.1) is 22.7 Å². The maximum atomic E-state index is 13.2. The highest BCUT2D eigenvalue weighted by Crippen LogP contribution is 2.27. The van der Waals surface area contributed by atoms with Crippen molar-refractivity contribution in [3.05, 3.63) is 159 Å². The summed E-state index contributed by atoms with van der Waals surface area (Å²) < 4.78 is 12.1. The number of hydrogen-bond donors (Lipinski definition) is 2. The van der Waals surface area contributed by atoms with Crippen LogP contribution >= 0.6 is 15.9 Å². The molecule has 4 aromatic carbocycles. The van der Waals surface area contributed by atoms with E-state index in [9.17, 15) is 14.7 Å². The lowest BCUT2D eigenvalue weighted by molar-refractivity contribution is 0.0807. The number of benzene rings is 4. The lowest BCUT2D eigenvalue weighted by atomic mass is 10.1. The molecule has 0 spiro atoms. The number of carbonyl (C=O) groups excluding carboxylic acids is 2. The number of Topliss-reactive ketones (excluding diaryl/α,β-unsaturated/α-hetero) is 2. The molecule has 8 aromatic rings. The number of nitriles is 2. The molecule has 0 amide bonds. The molecule has 1 atom stereocenters. The highest BCUT2D eigenvalue weighted by Gasteiger charge is 2.23. The summed E-state index contributed by atoms with van der Waals surface area (Å²) >= 11 is 3.52. The first-order chi connectivity index (χ1) is 32.3. The molecule has 1 aliphatic rings. The smallest absolute Gasteiger partial charge is 0.188 e. The minimum Gasteiger partial charge on any atom is -0.391 e. The molecule has 15 nitrogen and oxygen atoms in total. The van der Waals surface area contributed by atoms with Gasteiger partial charge in [0.2, 0.25) is 0 Å². The number of anilines is 1. The molecule has 0 aliphatic carbocycles. The van der Waals surface area contributed by atoms with Gasteiger partial charge in [0.25, 0.3) is 0 Å². The number of aromatic nitrogens is 8. The van der Waals surface area contributed by atoms with Gasteiger partial charge in [-0.1, -0.05) is 59.8 Å². The van der Waals surface area contributed by atoms with Crippen LogP contribution in [0.4, 0.5) is 5.69 Å². The molecule has 0 bridgehead atoms. The number of aliphatic hydroxyl groups excluding tert-OH is 1. The number of ketones is 2. The van der Waals surface area contributed by atoms with Crippen molar-refractivity contribution < 1.29 is 19.4 Å². The predicted molar refractivity (Wildman–Crippen MR) is 262 cm³/mol.